The minimum atomic E-state index is -3.62. The molecule has 0 radical (unpaired) electrons. The number of allylic oxidation sites excluding steroid dienone is 7. The van der Waals surface area contributed by atoms with Crippen molar-refractivity contribution in [1.29, 1.82) is 0 Å². The van der Waals surface area contributed by atoms with Crippen molar-refractivity contribution >= 4 is 17.9 Å². The van der Waals surface area contributed by atoms with Crippen LogP contribution in [-0.2, 0) is 25.7 Å². The van der Waals surface area contributed by atoms with Gasteiger partial charge in [0.1, 0.15) is 11.5 Å². The Labute approximate surface area is 323 Å². The van der Waals surface area contributed by atoms with E-state index in [0.717, 1.165) is 90.3 Å². The van der Waals surface area contributed by atoms with Crippen molar-refractivity contribution in [1.82, 2.24) is 0 Å². The first-order valence-electron chi connectivity index (χ1n) is 19.6. The standard InChI is InChI=1S/C45H68O6SSi/c1-34(2)18-16-19-35(3)20-17-21-36(4)30-42(52(46,47)41-22-12-11-13-23-41)31-37(5)25-26-40-32-43(51-44-24-14-15-27-49-44)38(6)39(7)45(40)50-33-48-28-29-53(8,9)10/h11-13,18,20,22-23,25,30,32,42,44H,14-17,19,21,24,26-29,31,33H2,1-10H3/b35-20+,36-30+,37-25+. The Hall–Kier alpha value is -2.91. The van der Waals surface area contributed by atoms with Crippen LogP contribution in [0.25, 0.3) is 0 Å². The first-order chi connectivity index (χ1) is 25.1. The summed E-state index contributed by atoms with van der Waals surface area (Å²) in [6, 6.07) is 12.0. The predicted octanol–water partition coefficient (Wildman–Crippen LogP) is 12.0. The average Bonchev–Trinajstić information content (AvgIpc) is 3.10. The number of hydrogen-bond donors (Lipinski definition) is 0. The van der Waals surface area contributed by atoms with Crippen molar-refractivity contribution < 1.29 is 27.4 Å². The van der Waals surface area contributed by atoms with Crippen molar-refractivity contribution in [2.75, 3.05) is 20.0 Å². The maximum atomic E-state index is 14.1. The molecule has 2 aromatic rings. The molecule has 2 unspecified atom stereocenters. The third-order valence-electron chi connectivity index (χ3n) is 9.81. The summed E-state index contributed by atoms with van der Waals surface area (Å²) < 4.78 is 52.8. The third-order valence-corrected chi connectivity index (χ3v) is 13.5. The zero-order valence-electron chi connectivity index (χ0n) is 34.5. The summed E-state index contributed by atoms with van der Waals surface area (Å²) in [6.07, 6.45) is 16.2. The van der Waals surface area contributed by atoms with Gasteiger partial charge in [-0.05, 0) is 135 Å². The lowest BCUT2D eigenvalue weighted by atomic mass is 9.99. The molecule has 53 heavy (non-hydrogen) atoms. The molecule has 1 saturated heterocycles. The van der Waals surface area contributed by atoms with Gasteiger partial charge in [-0.15, -0.1) is 0 Å². The molecule has 1 fully saturated rings. The molecule has 8 heteroatoms. The van der Waals surface area contributed by atoms with Crippen LogP contribution in [-0.4, -0.2) is 48.0 Å². The second kappa shape index (κ2) is 21.8. The summed E-state index contributed by atoms with van der Waals surface area (Å²) in [5.74, 6) is 1.59. The molecule has 294 valence electrons. The molecule has 0 N–H and O–H groups in total. The molecule has 0 amide bonds. The molecule has 6 nitrogen and oxygen atoms in total. The van der Waals surface area contributed by atoms with Crippen LogP contribution in [0.15, 0.2) is 87.9 Å². The molecule has 1 aliphatic rings. The van der Waals surface area contributed by atoms with Crippen molar-refractivity contribution in [3.63, 3.8) is 0 Å². The molecule has 3 rings (SSSR count). The quantitative estimate of drug-likeness (QED) is 0.0545. The zero-order chi connectivity index (χ0) is 39.0. The Morgan fingerprint density at radius 1 is 0.906 bits per heavy atom. The highest BCUT2D eigenvalue weighted by atomic mass is 32.2. The molecular formula is C45H68O6SSi. The van der Waals surface area contributed by atoms with Crippen LogP contribution in [0.3, 0.4) is 0 Å². The molecule has 1 heterocycles. The lowest BCUT2D eigenvalue weighted by Crippen LogP contribution is -2.25. The van der Waals surface area contributed by atoms with Crippen molar-refractivity contribution in [3.8, 4) is 11.5 Å². The van der Waals surface area contributed by atoms with Crippen LogP contribution in [0.4, 0.5) is 0 Å². The third kappa shape index (κ3) is 15.8. The zero-order valence-corrected chi connectivity index (χ0v) is 36.3. The molecule has 1 aliphatic heterocycles. The number of rotatable bonds is 21. The molecule has 0 aliphatic carbocycles. The number of sulfone groups is 1. The van der Waals surface area contributed by atoms with Crippen LogP contribution in [0, 0.1) is 13.8 Å². The Morgan fingerprint density at radius 2 is 1.60 bits per heavy atom. The molecule has 2 aromatic carbocycles. The van der Waals surface area contributed by atoms with Crippen LogP contribution in [0.2, 0.25) is 25.7 Å². The van der Waals surface area contributed by atoms with Crippen LogP contribution in [0.5, 0.6) is 11.5 Å². The molecule has 0 bridgehead atoms. The SMILES string of the molecule is CC(C)=CCC/C(C)=C/CC/C(C)=C/C(C/C(C)=C/Cc1cc(OC2CCCCO2)c(C)c(C)c1OCOCC[Si](C)(C)C)S(=O)(=O)c1ccccc1. The van der Waals surface area contributed by atoms with E-state index in [1.54, 1.807) is 24.3 Å². The van der Waals surface area contributed by atoms with E-state index in [4.69, 9.17) is 18.9 Å². The molecule has 2 atom stereocenters. The van der Waals surface area contributed by atoms with Gasteiger partial charge in [0.05, 0.1) is 16.8 Å². The van der Waals surface area contributed by atoms with Gasteiger partial charge in [-0.2, -0.15) is 0 Å². The van der Waals surface area contributed by atoms with Crippen molar-refractivity contribution in [2.24, 2.45) is 0 Å². The first kappa shape index (κ1) is 44.5. The molecule has 0 aromatic heterocycles. The van der Waals surface area contributed by atoms with Crippen LogP contribution >= 0.6 is 0 Å². The van der Waals surface area contributed by atoms with Crippen molar-refractivity contribution in [3.05, 3.63) is 99.7 Å². The summed E-state index contributed by atoms with van der Waals surface area (Å²) in [7, 11) is -4.84. The molecule has 0 saturated carbocycles. The van der Waals surface area contributed by atoms with Gasteiger partial charge in [0.15, 0.2) is 22.9 Å². The summed E-state index contributed by atoms with van der Waals surface area (Å²) in [5.41, 5.74) is 7.81. The van der Waals surface area contributed by atoms with Gasteiger partial charge in [-0.25, -0.2) is 8.42 Å². The van der Waals surface area contributed by atoms with E-state index in [-0.39, 0.29) is 13.1 Å². The van der Waals surface area contributed by atoms with E-state index in [1.165, 1.54) is 11.1 Å². The monoisotopic (exact) mass is 764 g/mol. The summed E-state index contributed by atoms with van der Waals surface area (Å²) in [5, 5.41) is -0.679. The number of hydrogen-bond acceptors (Lipinski definition) is 6. The van der Waals surface area contributed by atoms with Crippen LogP contribution < -0.4 is 9.47 Å². The molecular weight excluding hydrogens is 697 g/mol. The summed E-state index contributed by atoms with van der Waals surface area (Å²) in [4.78, 5) is 0.350. The highest BCUT2D eigenvalue weighted by Gasteiger charge is 2.26. The normalized spacial score (nSPS) is 16.7. The van der Waals surface area contributed by atoms with E-state index in [0.29, 0.717) is 31.0 Å². The minimum absolute atomic E-state index is 0.179. The number of ether oxygens (including phenoxy) is 4. The highest BCUT2D eigenvalue weighted by molar-refractivity contribution is 7.92. The Balaban J connectivity index is 1.87. The smallest absolute Gasteiger partial charge is 0.199 e. The van der Waals surface area contributed by atoms with Gasteiger partial charge in [0, 0.05) is 26.7 Å². The van der Waals surface area contributed by atoms with E-state index in [9.17, 15) is 8.42 Å². The fraction of sp³-hybridized carbons (Fsp3) is 0.556. The minimum Gasteiger partial charge on any atom is -0.467 e. The summed E-state index contributed by atoms with van der Waals surface area (Å²) >= 11 is 0. The van der Waals surface area contributed by atoms with E-state index < -0.39 is 23.2 Å². The van der Waals surface area contributed by atoms with Crippen molar-refractivity contribution in [2.45, 2.75) is 148 Å². The van der Waals surface area contributed by atoms with Gasteiger partial charge < -0.3 is 18.9 Å². The second-order valence-electron chi connectivity index (χ2n) is 16.3. The Morgan fingerprint density at radius 3 is 2.26 bits per heavy atom. The summed E-state index contributed by atoms with van der Waals surface area (Å²) in [6.45, 7) is 23.2. The topological polar surface area (TPSA) is 71.1 Å². The maximum Gasteiger partial charge on any atom is 0.199 e. The largest absolute Gasteiger partial charge is 0.467 e. The fourth-order valence-electron chi connectivity index (χ4n) is 6.25. The highest BCUT2D eigenvalue weighted by Crippen LogP contribution is 2.36. The van der Waals surface area contributed by atoms with Gasteiger partial charge in [-0.3, -0.25) is 0 Å². The Bertz CT molecular complexity index is 1670. The van der Waals surface area contributed by atoms with Gasteiger partial charge in [0.25, 0.3) is 0 Å². The average molecular weight is 765 g/mol. The fourth-order valence-corrected chi connectivity index (χ4v) is 8.79. The van der Waals surface area contributed by atoms with E-state index in [1.807, 2.05) is 19.1 Å². The molecule has 0 spiro atoms. The maximum absolute atomic E-state index is 14.1. The Kier molecular flexibility index (Phi) is 18.3. The van der Waals surface area contributed by atoms with E-state index in [2.05, 4.69) is 85.5 Å². The number of benzene rings is 2. The second-order valence-corrected chi connectivity index (χ2v) is 24.1. The lowest BCUT2D eigenvalue weighted by molar-refractivity contribution is -0.106. The first-order valence-corrected chi connectivity index (χ1v) is 24.8. The van der Waals surface area contributed by atoms with Crippen LogP contribution in [0.1, 0.15) is 103 Å². The predicted molar refractivity (Wildman–Crippen MR) is 225 cm³/mol. The lowest BCUT2D eigenvalue weighted by Gasteiger charge is -2.26. The van der Waals surface area contributed by atoms with E-state index >= 15 is 0 Å². The van der Waals surface area contributed by atoms with Gasteiger partial charge in [0.2, 0.25) is 0 Å². The van der Waals surface area contributed by atoms with Gasteiger partial charge >= 0.3 is 0 Å². The van der Waals surface area contributed by atoms with Gasteiger partial charge in [-0.1, -0.05) is 84.4 Å².